The second-order valence-corrected chi connectivity index (χ2v) is 6.20. The summed E-state index contributed by atoms with van der Waals surface area (Å²) < 4.78 is 6.73. The number of piperidine rings is 1. The van der Waals surface area contributed by atoms with Crippen LogP contribution in [0.15, 0.2) is 22.7 Å². The molecule has 2 nitrogen and oxygen atoms in total. The Morgan fingerprint density at radius 2 is 2.17 bits per heavy atom. The third-order valence-corrected chi connectivity index (χ3v) is 4.79. The van der Waals surface area contributed by atoms with Gasteiger partial charge in [0.2, 0.25) is 0 Å². The lowest BCUT2D eigenvalue weighted by atomic mass is 9.93. The fourth-order valence-electron chi connectivity index (χ4n) is 3.01. The Bertz CT molecular complexity index is 409. The van der Waals surface area contributed by atoms with Gasteiger partial charge in [-0.25, -0.2) is 0 Å². The van der Waals surface area contributed by atoms with E-state index >= 15 is 0 Å². The maximum Gasteiger partial charge on any atom is 0.0535 e. The van der Waals surface area contributed by atoms with Gasteiger partial charge < -0.3 is 10.1 Å². The van der Waals surface area contributed by atoms with Crippen LogP contribution in [0.4, 0.5) is 0 Å². The number of hydrogen-bond acceptors (Lipinski definition) is 2. The van der Waals surface area contributed by atoms with E-state index in [1.807, 2.05) is 0 Å². The molecule has 0 spiro atoms. The van der Waals surface area contributed by atoms with E-state index < -0.39 is 0 Å². The van der Waals surface area contributed by atoms with Crippen molar-refractivity contribution in [3.05, 3.63) is 33.8 Å². The van der Waals surface area contributed by atoms with Crippen molar-refractivity contribution in [2.45, 2.75) is 37.6 Å². The number of nitrogens with one attached hydrogen (secondary N) is 1. The molecule has 18 heavy (non-hydrogen) atoms. The molecule has 0 amide bonds. The fraction of sp³-hybridized carbons (Fsp3) is 0.600. The molecule has 0 bridgehead atoms. The quantitative estimate of drug-likeness (QED) is 0.898. The van der Waals surface area contributed by atoms with Crippen LogP contribution in [0.1, 0.15) is 48.8 Å². The van der Waals surface area contributed by atoms with Gasteiger partial charge in [-0.1, -0.05) is 34.5 Å². The average Bonchev–Trinajstić information content (AvgIpc) is 2.93. The summed E-state index contributed by atoms with van der Waals surface area (Å²) in [6.45, 7) is 2.93. The highest BCUT2D eigenvalue weighted by Crippen LogP contribution is 2.34. The third-order valence-electron chi connectivity index (χ3n) is 4.11. The van der Waals surface area contributed by atoms with Crippen LogP contribution in [0.5, 0.6) is 0 Å². The zero-order chi connectivity index (χ0) is 12.4. The van der Waals surface area contributed by atoms with E-state index in [1.54, 1.807) is 0 Å². The lowest BCUT2D eigenvalue weighted by molar-refractivity contribution is 0.194. The van der Waals surface area contributed by atoms with Gasteiger partial charge in [0.25, 0.3) is 0 Å². The van der Waals surface area contributed by atoms with Crippen molar-refractivity contribution in [3.8, 4) is 0 Å². The number of rotatable bonds is 2. The summed E-state index contributed by atoms with van der Waals surface area (Å²) in [7, 11) is 0. The lowest BCUT2D eigenvalue weighted by Crippen LogP contribution is -2.26. The van der Waals surface area contributed by atoms with Gasteiger partial charge in [-0.05, 0) is 43.0 Å². The maximum absolute atomic E-state index is 5.48. The van der Waals surface area contributed by atoms with Crippen molar-refractivity contribution in [1.82, 2.24) is 5.32 Å². The standard InChI is InChI=1S/C15H20BrNO/c16-14-9-11(15-3-1-2-7-17-15)4-5-13(14)12-6-8-18-10-12/h4-5,9,12,15,17H,1-3,6-8,10H2. The van der Waals surface area contributed by atoms with E-state index in [0.29, 0.717) is 12.0 Å². The second-order valence-electron chi connectivity index (χ2n) is 5.34. The van der Waals surface area contributed by atoms with Gasteiger partial charge in [0.1, 0.15) is 0 Å². The highest BCUT2D eigenvalue weighted by atomic mass is 79.9. The molecular weight excluding hydrogens is 290 g/mol. The summed E-state index contributed by atoms with van der Waals surface area (Å²) in [5.41, 5.74) is 2.83. The molecule has 2 atom stereocenters. The van der Waals surface area contributed by atoms with E-state index in [4.69, 9.17) is 4.74 Å². The summed E-state index contributed by atoms with van der Waals surface area (Å²) in [5.74, 6) is 0.577. The molecule has 2 aliphatic rings. The van der Waals surface area contributed by atoms with Crippen LogP contribution in [-0.4, -0.2) is 19.8 Å². The van der Waals surface area contributed by atoms with Crippen LogP contribution < -0.4 is 5.32 Å². The van der Waals surface area contributed by atoms with Crippen LogP contribution in [0.2, 0.25) is 0 Å². The molecule has 3 rings (SSSR count). The minimum absolute atomic E-state index is 0.545. The van der Waals surface area contributed by atoms with Crippen LogP contribution in [0.3, 0.4) is 0 Å². The molecule has 0 aliphatic carbocycles. The summed E-state index contributed by atoms with van der Waals surface area (Å²) in [6, 6.07) is 7.43. The van der Waals surface area contributed by atoms with Crippen LogP contribution >= 0.6 is 15.9 Å². The Labute approximate surface area is 117 Å². The largest absolute Gasteiger partial charge is 0.381 e. The zero-order valence-corrected chi connectivity index (χ0v) is 12.2. The molecule has 0 aromatic heterocycles. The molecule has 1 aromatic carbocycles. The molecule has 0 radical (unpaired) electrons. The molecule has 1 aromatic rings. The van der Waals surface area contributed by atoms with Crippen LogP contribution in [0, 0.1) is 0 Å². The number of hydrogen-bond donors (Lipinski definition) is 1. The Balaban J connectivity index is 1.79. The predicted molar refractivity (Wildman–Crippen MR) is 76.9 cm³/mol. The monoisotopic (exact) mass is 309 g/mol. The minimum Gasteiger partial charge on any atom is -0.381 e. The molecular formula is C15H20BrNO. The molecule has 2 aliphatic heterocycles. The number of halogens is 1. The Hall–Kier alpha value is -0.380. The molecule has 2 fully saturated rings. The summed E-state index contributed by atoms with van der Waals surface area (Å²) in [6.07, 6.45) is 5.07. The van der Waals surface area contributed by atoms with E-state index in [2.05, 4.69) is 39.4 Å². The SMILES string of the molecule is Brc1cc(C2CCCCN2)ccc1C1CCOC1. The maximum atomic E-state index is 5.48. The van der Waals surface area contributed by atoms with E-state index in [-0.39, 0.29) is 0 Å². The van der Waals surface area contributed by atoms with Gasteiger partial charge in [-0.3, -0.25) is 0 Å². The van der Waals surface area contributed by atoms with Crippen molar-refractivity contribution in [2.75, 3.05) is 19.8 Å². The summed E-state index contributed by atoms with van der Waals surface area (Å²) in [4.78, 5) is 0. The van der Waals surface area contributed by atoms with Crippen molar-refractivity contribution in [2.24, 2.45) is 0 Å². The molecule has 2 unspecified atom stereocenters. The average molecular weight is 310 g/mol. The normalized spacial score (nSPS) is 28.5. The molecule has 98 valence electrons. The molecule has 2 saturated heterocycles. The van der Waals surface area contributed by atoms with Crippen molar-refractivity contribution < 1.29 is 4.74 Å². The van der Waals surface area contributed by atoms with Crippen molar-refractivity contribution in [3.63, 3.8) is 0 Å². The fourth-order valence-corrected chi connectivity index (χ4v) is 3.73. The summed E-state index contributed by atoms with van der Waals surface area (Å²) >= 11 is 3.74. The number of ether oxygens (including phenoxy) is 1. The molecule has 2 heterocycles. The van der Waals surface area contributed by atoms with Crippen LogP contribution in [0.25, 0.3) is 0 Å². The van der Waals surface area contributed by atoms with Gasteiger partial charge in [0.05, 0.1) is 6.61 Å². The first-order chi connectivity index (χ1) is 8.84. The first kappa shape index (κ1) is 12.6. The van der Waals surface area contributed by atoms with Gasteiger partial charge in [0.15, 0.2) is 0 Å². The highest BCUT2D eigenvalue weighted by molar-refractivity contribution is 9.10. The molecule has 1 N–H and O–H groups in total. The van der Waals surface area contributed by atoms with Crippen molar-refractivity contribution >= 4 is 15.9 Å². The van der Waals surface area contributed by atoms with Gasteiger partial charge >= 0.3 is 0 Å². The smallest absolute Gasteiger partial charge is 0.0535 e. The first-order valence-corrected chi connectivity index (χ1v) is 7.74. The Morgan fingerprint density at radius 1 is 1.22 bits per heavy atom. The van der Waals surface area contributed by atoms with Gasteiger partial charge in [-0.2, -0.15) is 0 Å². The van der Waals surface area contributed by atoms with Gasteiger partial charge in [0, 0.05) is 23.0 Å². The lowest BCUT2D eigenvalue weighted by Gasteiger charge is -2.24. The van der Waals surface area contributed by atoms with E-state index in [0.717, 1.165) is 26.2 Å². The summed E-state index contributed by atoms with van der Waals surface area (Å²) in [5, 5.41) is 3.61. The third kappa shape index (κ3) is 2.63. The van der Waals surface area contributed by atoms with Crippen LogP contribution in [-0.2, 0) is 4.74 Å². The molecule has 0 saturated carbocycles. The minimum atomic E-state index is 0.545. The van der Waals surface area contributed by atoms with E-state index in [1.165, 1.54) is 34.9 Å². The number of benzene rings is 1. The Morgan fingerprint density at radius 3 is 2.83 bits per heavy atom. The first-order valence-electron chi connectivity index (χ1n) is 6.95. The zero-order valence-electron chi connectivity index (χ0n) is 10.6. The highest BCUT2D eigenvalue weighted by Gasteiger charge is 2.21. The van der Waals surface area contributed by atoms with Gasteiger partial charge in [-0.15, -0.1) is 0 Å². The second kappa shape index (κ2) is 5.72. The topological polar surface area (TPSA) is 21.3 Å². The molecule has 3 heteroatoms. The van der Waals surface area contributed by atoms with E-state index in [9.17, 15) is 0 Å². The Kier molecular flexibility index (Phi) is 4.02. The predicted octanol–water partition coefficient (Wildman–Crippen LogP) is 3.77. The van der Waals surface area contributed by atoms with Crippen molar-refractivity contribution in [1.29, 1.82) is 0 Å².